The first-order chi connectivity index (χ1) is 10.3. The van der Waals surface area contributed by atoms with Crippen molar-refractivity contribution in [2.75, 3.05) is 13.7 Å². The Morgan fingerprint density at radius 1 is 1.33 bits per heavy atom. The molecule has 1 aromatic heterocycles. The zero-order valence-corrected chi connectivity index (χ0v) is 12.5. The molecule has 0 radical (unpaired) electrons. The Hall–Kier alpha value is -1.72. The summed E-state index contributed by atoms with van der Waals surface area (Å²) in [4.78, 5) is 4.42. The highest BCUT2D eigenvalue weighted by Crippen LogP contribution is 2.23. The van der Waals surface area contributed by atoms with Gasteiger partial charge in [0.15, 0.2) is 5.82 Å². The maximum atomic E-state index is 5.33. The number of methoxy groups -OCH3 is 1. The average molecular weight is 287 g/mol. The van der Waals surface area contributed by atoms with Crippen LogP contribution in [0.4, 0.5) is 0 Å². The Kier molecular flexibility index (Phi) is 4.31. The highest BCUT2D eigenvalue weighted by Gasteiger charge is 2.24. The van der Waals surface area contributed by atoms with E-state index < -0.39 is 0 Å². The largest absolute Gasteiger partial charge is 0.384 e. The van der Waals surface area contributed by atoms with Crippen molar-refractivity contribution in [2.45, 2.75) is 38.3 Å². The van der Waals surface area contributed by atoms with Gasteiger partial charge < -0.3 is 14.6 Å². The summed E-state index contributed by atoms with van der Waals surface area (Å²) >= 11 is 0. The molecule has 0 fully saturated rings. The third-order valence-electron chi connectivity index (χ3n) is 3.92. The van der Waals surface area contributed by atoms with Crippen LogP contribution in [0.3, 0.4) is 0 Å². The zero-order chi connectivity index (χ0) is 14.7. The lowest BCUT2D eigenvalue weighted by Crippen LogP contribution is -2.32. The molecule has 0 saturated carbocycles. The smallest absolute Gasteiger partial charge is 0.243 e. The molecule has 0 spiro atoms. The van der Waals surface area contributed by atoms with Gasteiger partial charge in [0.05, 0.1) is 12.6 Å². The zero-order valence-electron chi connectivity index (χ0n) is 12.5. The second-order valence-corrected chi connectivity index (χ2v) is 5.55. The molecule has 0 bridgehead atoms. The van der Waals surface area contributed by atoms with Crippen LogP contribution in [-0.2, 0) is 24.0 Å². The van der Waals surface area contributed by atoms with Crippen molar-refractivity contribution < 1.29 is 9.26 Å². The van der Waals surface area contributed by atoms with E-state index in [1.807, 2.05) is 0 Å². The Bertz CT molecular complexity index is 572. The van der Waals surface area contributed by atoms with Crippen molar-refractivity contribution in [3.63, 3.8) is 0 Å². The lowest BCUT2D eigenvalue weighted by Gasteiger charge is -2.15. The minimum absolute atomic E-state index is 0.0631. The summed E-state index contributed by atoms with van der Waals surface area (Å²) < 4.78 is 10.4. The molecule has 112 valence electrons. The lowest BCUT2D eigenvalue weighted by atomic mass is 10.1. The average Bonchev–Trinajstić information content (AvgIpc) is 3.11. The highest BCUT2D eigenvalue weighted by molar-refractivity contribution is 5.33. The van der Waals surface area contributed by atoms with Gasteiger partial charge in [0.1, 0.15) is 0 Å². The van der Waals surface area contributed by atoms with Gasteiger partial charge in [-0.3, -0.25) is 0 Å². The maximum Gasteiger partial charge on any atom is 0.243 e. The number of aromatic nitrogens is 2. The Labute approximate surface area is 124 Å². The molecule has 1 atom stereocenters. The predicted molar refractivity (Wildman–Crippen MR) is 79.1 cm³/mol. The van der Waals surface area contributed by atoms with Crippen molar-refractivity contribution >= 4 is 0 Å². The van der Waals surface area contributed by atoms with E-state index in [-0.39, 0.29) is 6.04 Å². The fraction of sp³-hybridized carbons (Fsp3) is 0.500. The van der Waals surface area contributed by atoms with E-state index in [1.54, 1.807) is 7.11 Å². The maximum absolute atomic E-state index is 5.33. The molecule has 21 heavy (non-hydrogen) atoms. The van der Waals surface area contributed by atoms with Crippen LogP contribution in [-0.4, -0.2) is 29.9 Å². The van der Waals surface area contributed by atoms with Crippen molar-refractivity contribution in [1.82, 2.24) is 15.5 Å². The Morgan fingerprint density at radius 2 is 2.05 bits per heavy atom. The van der Waals surface area contributed by atoms with E-state index in [0.29, 0.717) is 30.8 Å². The minimum Gasteiger partial charge on any atom is -0.384 e. The standard InChI is InChI=1S/C16H21N3O2/c1-11(16-18-15(19-21-16)7-8-20-2)17-14-9-12-5-3-4-6-13(12)10-14/h3-6,11,14,17H,7-10H2,1-2H3/t11-/m0/s1. The van der Waals surface area contributed by atoms with Gasteiger partial charge >= 0.3 is 0 Å². The second kappa shape index (κ2) is 6.37. The summed E-state index contributed by atoms with van der Waals surface area (Å²) in [5.41, 5.74) is 2.88. The van der Waals surface area contributed by atoms with Gasteiger partial charge in [-0.15, -0.1) is 0 Å². The summed E-state index contributed by atoms with van der Waals surface area (Å²) in [7, 11) is 1.67. The molecule has 1 aliphatic rings. The van der Waals surface area contributed by atoms with Crippen molar-refractivity contribution in [3.05, 3.63) is 47.1 Å². The topological polar surface area (TPSA) is 60.2 Å². The molecule has 3 rings (SSSR count). The summed E-state index contributed by atoms with van der Waals surface area (Å²) in [6.07, 6.45) is 2.80. The van der Waals surface area contributed by atoms with E-state index in [4.69, 9.17) is 9.26 Å². The third kappa shape index (κ3) is 3.31. The van der Waals surface area contributed by atoms with Crippen LogP contribution in [0.2, 0.25) is 0 Å². The molecular weight excluding hydrogens is 266 g/mol. The van der Waals surface area contributed by atoms with E-state index >= 15 is 0 Å². The summed E-state index contributed by atoms with van der Waals surface area (Å²) in [5, 5.41) is 7.57. The van der Waals surface area contributed by atoms with Crippen LogP contribution in [0, 0.1) is 0 Å². The number of hydrogen-bond acceptors (Lipinski definition) is 5. The predicted octanol–water partition coefficient (Wildman–Crippen LogP) is 2.08. The summed E-state index contributed by atoms with van der Waals surface area (Å²) in [6.45, 7) is 2.68. The molecule has 0 saturated heterocycles. The van der Waals surface area contributed by atoms with E-state index in [1.165, 1.54) is 11.1 Å². The van der Waals surface area contributed by atoms with Crippen LogP contribution < -0.4 is 5.32 Å². The second-order valence-electron chi connectivity index (χ2n) is 5.55. The Balaban J connectivity index is 1.57. The van der Waals surface area contributed by atoms with E-state index in [9.17, 15) is 0 Å². The number of fused-ring (bicyclic) bond motifs is 1. The number of benzene rings is 1. The van der Waals surface area contributed by atoms with Crippen molar-refractivity contribution in [2.24, 2.45) is 0 Å². The van der Waals surface area contributed by atoms with Crippen LogP contribution in [0.15, 0.2) is 28.8 Å². The van der Waals surface area contributed by atoms with Gasteiger partial charge in [-0.25, -0.2) is 0 Å². The van der Waals surface area contributed by atoms with Crippen LogP contribution in [0.5, 0.6) is 0 Å². The molecule has 1 aliphatic carbocycles. The monoisotopic (exact) mass is 287 g/mol. The van der Waals surface area contributed by atoms with Gasteiger partial charge in [-0.05, 0) is 30.9 Å². The molecule has 2 aromatic rings. The lowest BCUT2D eigenvalue weighted by molar-refractivity contribution is 0.199. The summed E-state index contributed by atoms with van der Waals surface area (Å²) in [6, 6.07) is 9.11. The van der Waals surface area contributed by atoms with E-state index in [0.717, 1.165) is 12.8 Å². The van der Waals surface area contributed by atoms with Crippen LogP contribution in [0.25, 0.3) is 0 Å². The molecule has 1 heterocycles. The van der Waals surface area contributed by atoms with Gasteiger partial charge in [-0.2, -0.15) is 4.98 Å². The number of nitrogens with one attached hydrogen (secondary N) is 1. The first-order valence-corrected chi connectivity index (χ1v) is 7.40. The third-order valence-corrected chi connectivity index (χ3v) is 3.92. The molecular formula is C16H21N3O2. The molecule has 5 heteroatoms. The van der Waals surface area contributed by atoms with Crippen molar-refractivity contribution in [3.8, 4) is 0 Å². The number of rotatable bonds is 6. The van der Waals surface area contributed by atoms with Gasteiger partial charge in [-0.1, -0.05) is 29.4 Å². The van der Waals surface area contributed by atoms with Gasteiger partial charge in [0.2, 0.25) is 5.89 Å². The number of hydrogen-bond donors (Lipinski definition) is 1. The molecule has 1 aromatic carbocycles. The minimum atomic E-state index is 0.0631. The molecule has 0 amide bonds. The first kappa shape index (κ1) is 14.2. The van der Waals surface area contributed by atoms with Crippen LogP contribution in [0.1, 0.15) is 35.8 Å². The Morgan fingerprint density at radius 3 is 2.71 bits per heavy atom. The van der Waals surface area contributed by atoms with Crippen molar-refractivity contribution in [1.29, 1.82) is 0 Å². The van der Waals surface area contributed by atoms with Gasteiger partial charge in [0.25, 0.3) is 0 Å². The SMILES string of the molecule is COCCc1noc([C@H](C)NC2Cc3ccccc3C2)n1. The molecule has 1 N–H and O–H groups in total. The fourth-order valence-electron chi connectivity index (χ4n) is 2.84. The molecule has 5 nitrogen and oxygen atoms in total. The molecule has 0 aliphatic heterocycles. The van der Waals surface area contributed by atoms with E-state index in [2.05, 4.69) is 46.6 Å². The van der Waals surface area contributed by atoms with Gasteiger partial charge in [0, 0.05) is 19.6 Å². The highest BCUT2D eigenvalue weighted by atomic mass is 16.5. The number of nitrogens with zero attached hydrogens (tertiary/aromatic N) is 2. The quantitative estimate of drug-likeness (QED) is 0.881. The number of ether oxygens (including phenoxy) is 1. The normalized spacial score (nSPS) is 16.1. The first-order valence-electron chi connectivity index (χ1n) is 7.40. The molecule has 0 unspecified atom stereocenters. The summed E-state index contributed by atoms with van der Waals surface area (Å²) in [5.74, 6) is 1.35. The fourth-order valence-corrected chi connectivity index (χ4v) is 2.84. The van der Waals surface area contributed by atoms with Crippen LogP contribution >= 0.6 is 0 Å².